The summed E-state index contributed by atoms with van der Waals surface area (Å²) in [5, 5.41) is 0. The van der Waals surface area contributed by atoms with Crippen LogP contribution in [0.2, 0.25) is 0 Å². The fourth-order valence-corrected chi connectivity index (χ4v) is 8.45. The van der Waals surface area contributed by atoms with Gasteiger partial charge in [-0.3, -0.25) is 14.4 Å². The minimum Gasteiger partial charge on any atom is -0.462 e. The number of hydrogen-bond donors (Lipinski definition) is 0. The van der Waals surface area contributed by atoms with Crippen LogP contribution in [-0.4, -0.2) is 37.2 Å². The molecule has 0 bridgehead atoms. The molecule has 0 radical (unpaired) electrons. The molecule has 0 aliphatic carbocycles. The first-order valence-corrected chi connectivity index (χ1v) is 29.1. The van der Waals surface area contributed by atoms with E-state index in [0.717, 1.165) is 83.5 Å². The molecule has 6 heteroatoms. The Kier molecular flexibility index (Phi) is 53.8. The van der Waals surface area contributed by atoms with E-state index < -0.39 is 6.10 Å². The third-order valence-electron chi connectivity index (χ3n) is 12.8. The van der Waals surface area contributed by atoms with Crippen LogP contribution in [0.1, 0.15) is 303 Å². The Labute approximate surface area is 416 Å². The lowest BCUT2D eigenvalue weighted by Gasteiger charge is -2.18. The van der Waals surface area contributed by atoms with Crippen molar-refractivity contribution in [3.05, 3.63) is 48.6 Å². The van der Waals surface area contributed by atoms with Gasteiger partial charge in [0.05, 0.1) is 0 Å². The summed E-state index contributed by atoms with van der Waals surface area (Å²) in [5.41, 5.74) is 0. The largest absolute Gasteiger partial charge is 0.462 e. The van der Waals surface area contributed by atoms with Crippen molar-refractivity contribution < 1.29 is 28.6 Å². The summed E-state index contributed by atoms with van der Waals surface area (Å²) in [6.07, 6.45) is 68.1. The maximum atomic E-state index is 12.9. The molecule has 1 unspecified atom stereocenters. The van der Waals surface area contributed by atoms with Crippen LogP contribution in [0.5, 0.6) is 0 Å². The van der Waals surface area contributed by atoms with E-state index in [9.17, 15) is 14.4 Å². The van der Waals surface area contributed by atoms with Gasteiger partial charge in [-0.1, -0.05) is 256 Å². The molecule has 0 fully saturated rings. The molecule has 6 nitrogen and oxygen atoms in total. The molecule has 1 atom stereocenters. The monoisotopic (exact) mass is 939 g/mol. The van der Waals surface area contributed by atoms with E-state index in [0.29, 0.717) is 19.3 Å². The number of allylic oxidation sites excluding steroid dienone is 8. The van der Waals surface area contributed by atoms with E-state index in [1.807, 2.05) is 0 Å². The van der Waals surface area contributed by atoms with Gasteiger partial charge in [-0.2, -0.15) is 0 Å². The van der Waals surface area contributed by atoms with Crippen LogP contribution < -0.4 is 0 Å². The Bertz CT molecular complexity index is 1170. The van der Waals surface area contributed by atoms with Crippen molar-refractivity contribution in [1.82, 2.24) is 0 Å². The zero-order valence-corrected chi connectivity index (χ0v) is 44.7. The summed E-state index contributed by atoms with van der Waals surface area (Å²) in [7, 11) is 0. The van der Waals surface area contributed by atoms with E-state index in [-0.39, 0.29) is 31.1 Å². The zero-order chi connectivity index (χ0) is 48.6. The molecular weight excluding hydrogens is 829 g/mol. The van der Waals surface area contributed by atoms with Crippen LogP contribution in [0.3, 0.4) is 0 Å². The van der Waals surface area contributed by atoms with Gasteiger partial charge in [-0.05, 0) is 77.0 Å². The van der Waals surface area contributed by atoms with Crippen molar-refractivity contribution in [2.75, 3.05) is 13.2 Å². The molecule has 67 heavy (non-hydrogen) atoms. The first-order valence-electron chi connectivity index (χ1n) is 29.1. The van der Waals surface area contributed by atoms with Gasteiger partial charge in [0.2, 0.25) is 0 Å². The third kappa shape index (κ3) is 54.2. The smallest absolute Gasteiger partial charge is 0.306 e. The van der Waals surface area contributed by atoms with Gasteiger partial charge in [0, 0.05) is 19.3 Å². The molecule has 0 aliphatic rings. The van der Waals surface area contributed by atoms with E-state index in [1.54, 1.807) is 0 Å². The van der Waals surface area contributed by atoms with Crippen LogP contribution in [-0.2, 0) is 28.6 Å². The molecule has 390 valence electrons. The Morgan fingerprint density at radius 1 is 0.313 bits per heavy atom. The normalized spacial score (nSPS) is 12.3. The van der Waals surface area contributed by atoms with Gasteiger partial charge >= 0.3 is 17.9 Å². The van der Waals surface area contributed by atoms with E-state index in [2.05, 4.69) is 69.4 Å². The van der Waals surface area contributed by atoms with Crippen LogP contribution >= 0.6 is 0 Å². The molecule has 0 N–H and O–H groups in total. The Morgan fingerprint density at radius 2 is 0.582 bits per heavy atom. The van der Waals surface area contributed by atoms with E-state index in [4.69, 9.17) is 14.2 Å². The highest BCUT2D eigenvalue weighted by atomic mass is 16.6. The van der Waals surface area contributed by atoms with Crippen molar-refractivity contribution in [3.8, 4) is 0 Å². The highest BCUT2D eigenvalue weighted by Gasteiger charge is 2.19. The zero-order valence-electron chi connectivity index (χ0n) is 44.7. The van der Waals surface area contributed by atoms with Gasteiger partial charge < -0.3 is 14.2 Å². The summed E-state index contributed by atoms with van der Waals surface area (Å²) in [6, 6.07) is 0. The van der Waals surface area contributed by atoms with Crippen LogP contribution in [0.4, 0.5) is 0 Å². The first kappa shape index (κ1) is 64.4. The number of unbranched alkanes of at least 4 members (excludes halogenated alkanes) is 34. The van der Waals surface area contributed by atoms with Gasteiger partial charge in [-0.25, -0.2) is 0 Å². The molecule has 0 saturated heterocycles. The maximum Gasteiger partial charge on any atom is 0.306 e. The SMILES string of the molecule is CC/C=C\C/C=C\C/C=C\CCCCCCCCCCCC(=O)OCC(COC(=O)CCCCCCCCCCCCCC)OC(=O)CCCCCCC/C=C\CCCCCCCCCCC. The van der Waals surface area contributed by atoms with Crippen molar-refractivity contribution in [2.24, 2.45) is 0 Å². The quantitative estimate of drug-likeness (QED) is 0.0262. The Hall–Kier alpha value is -2.63. The number of carbonyl (C=O) groups is 3. The number of esters is 3. The van der Waals surface area contributed by atoms with Gasteiger partial charge in [-0.15, -0.1) is 0 Å². The van der Waals surface area contributed by atoms with E-state index >= 15 is 0 Å². The van der Waals surface area contributed by atoms with Gasteiger partial charge in [0.25, 0.3) is 0 Å². The molecule has 0 saturated carbocycles. The van der Waals surface area contributed by atoms with Crippen LogP contribution in [0, 0.1) is 0 Å². The molecule has 0 aromatic carbocycles. The Balaban J connectivity index is 4.34. The third-order valence-corrected chi connectivity index (χ3v) is 12.8. The number of hydrogen-bond acceptors (Lipinski definition) is 6. The second-order valence-electron chi connectivity index (χ2n) is 19.5. The fourth-order valence-electron chi connectivity index (χ4n) is 8.45. The van der Waals surface area contributed by atoms with Crippen LogP contribution in [0.25, 0.3) is 0 Å². The number of carbonyl (C=O) groups excluding carboxylic acids is 3. The average molecular weight is 940 g/mol. The topological polar surface area (TPSA) is 78.9 Å². The predicted octanol–water partition coefficient (Wildman–Crippen LogP) is 19.4. The number of rotatable bonds is 53. The fraction of sp³-hybridized carbons (Fsp3) is 0.820. The highest BCUT2D eigenvalue weighted by molar-refractivity contribution is 5.71. The van der Waals surface area contributed by atoms with E-state index in [1.165, 1.54) is 180 Å². The lowest BCUT2D eigenvalue weighted by atomic mass is 10.0. The van der Waals surface area contributed by atoms with Gasteiger partial charge in [0.1, 0.15) is 13.2 Å². The minimum absolute atomic E-state index is 0.0749. The average Bonchev–Trinajstić information content (AvgIpc) is 3.33. The lowest BCUT2D eigenvalue weighted by molar-refractivity contribution is -0.167. The molecule has 0 amide bonds. The van der Waals surface area contributed by atoms with Gasteiger partial charge in [0.15, 0.2) is 6.10 Å². The molecule has 0 heterocycles. The molecule has 0 aliphatic heterocycles. The number of ether oxygens (including phenoxy) is 3. The van der Waals surface area contributed by atoms with Crippen molar-refractivity contribution in [1.29, 1.82) is 0 Å². The predicted molar refractivity (Wildman–Crippen MR) is 289 cm³/mol. The summed E-state index contributed by atoms with van der Waals surface area (Å²) < 4.78 is 16.9. The molecule has 0 aromatic rings. The lowest BCUT2D eigenvalue weighted by Crippen LogP contribution is -2.30. The molecule has 0 spiro atoms. The van der Waals surface area contributed by atoms with Crippen LogP contribution in [0.15, 0.2) is 48.6 Å². The van der Waals surface area contributed by atoms with Crippen molar-refractivity contribution >= 4 is 17.9 Å². The summed E-state index contributed by atoms with van der Waals surface area (Å²) in [5.74, 6) is -0.874. The Morgan fingerprint density at radius 3 is 0.925 bits per heavy atom. The second-order valence-corrected chi connectivity index (χ2v) is 19.5. The maximum absolute atomic E-state index is 12.9. The van der Waals surface area contributed by atoms with Crippen molar-refractivity contribution in [2.45, 2.75) is 309 Å². The second kappa shape index (κ2) is 56.0. The first-order chi connectivity index (χ1) is 33.0. The minimum atomic E-state index is -0.777. The molecular formula is C61H110O6. The summed E-state index contributed by atoms with van der Waals surface area (Å²) in [4.78, 5) is 38.1. The molecule has 0 rings (SSSR count). The standard InChI is InChI=1S/C61H110O6/c1-4-7-10-13-16-19-22-25-27-29-31-33-34-36-39-42-45-48-51-54-60(63)66-57-58(56-65-59(62)53-50-47-44-41-38-24-21-18-15-12-9-6-3)67-61(64)55-52-49-46-43-40-37-35-32-30-28-26-23-20-17-14-11-8-5-2/h7,10,16,19,25,27,32,35,58H,4-6,8-9,11-15,17-18,20-24,26,28-31,33-34,36-57H2,1-3H3/b10-7-,19-16-,27-25-,35-32-. The summed E-state index contributed by atoms with van der Waals surface area (Å²) in [6.45, 7) is 6.55. The highest BCUT2D eigenvalue weighted by Crippen LogP contribution is 2.16. The van der Waals surface area contributed by atoms with Crippen molar-refractivity contribution in [3.63, 3.8) is 0 Å². The summed E-state index contributed by atoms with van der Waals surface area (Å²) >= 11 is 0. The molecule has 0 aromatic heterocycles.